The Morgan fingerprint density at radius 1 is 1.10 bits per heavy atom. The fourth-order valence-corrected chi connectivity index (χ4v) is 3.89. The van der Waals surface area contributed by atoms with Crippen LogP contribution in [0.4, 0.5) is 11.4 Å². The molecule has 0 aromatic heterocycles. The van der Waals surface area contributed by atoms with Crippen molar-refractivity contribution < 1.29 is 22.8 Å². The third-order valence-electron chi connectivity index (χ3n) is 4.44. The zero-order chi connectivity index (χ0) is 21.2. The molecule has 10 heteroatoms. The molecule has 2 aromatic rings. The highest BCUT2D eigenvalue weighted by molar-refractivity contribution is 7.89. The Labute approximate surface area is 167 Å². The molecule has 2 amide bonds. The monoisotopic (exact) mass is 416 g/mol. The van der Waals surface area contributed by atoms with Gasteiger partial charge in [-0.15, -0.1) is 4.83 Å². The SMILES string of the molecule is CCCN1C(=O)C(C(=O)NNS(=O)(=O)c2ccc(N)cc2)C(=O)c2ccccc21. The number of nitrogens with two attached hydrogens (primary N) is 1. The van der Waals surface area contributed by atoms with Crippen molar-refractivity contribution in [2.24, 2.45) is 5.92 Å². The topological polar surface area (TPSA) is 139 Å². The van der Waals surface area contributed by atoms with Crippen molar-refractivity contribution in [2.75, 3.05) is 17.2 Å². The molecule has 0 bridgehead atoms. The molecule has 1 aliphatic heterocycles. The van der Waals surface area contributed by atoms with Gasteiger partial charge >= 0.3 is 0 Å². The van der Waals surface area contributed by atoms with E-state index in [4.69, 9.17) is 5.73 Å². The van der Waals surface area contributed by atoms with Gasteiger partial charge < -0.3 is 10.6 Å². The smallest absolute Gasteiger partial charge is 0.257 e. The average molecular weight is 416 g/mol. The first-order valence-corrected chi connectivity index (χ1v) is 10.4. The van der Waals surface area contributed by atoms with Crippen molar-refractivity contribution in [1.29, 1.82) is 0 Å². The summed E-state index contributed by atoms with van der Waals surface area (Å²) in [6, 6.07) is 11.8. The number of para-hydroxylation sites is 1. The lowest BCUT2D eigenvalue weighted by Crippen LogP contribution is -2.54. The second kappa shape index (κ2) is 8.02. The molecule has 29 heavy (non-hydrogen) atoms. The second-order valence-corrected chi connectivity index (χ2v) is 8.15. The van der Waals surface area contributed by atoms with Crippen LogP contribution in [0.25, 0.3) is 0 Å². The van der Waals surface area contributed by atoms with Crippen LogP contribution in [0, 0.1) is 5.92 Å². The fourth-order valence-electron chi connectivity index (χ4n) is 3.04. The van der Waals surface area contributed by atoms with Gasteiger partial charge in [0.15, 0.2) is 11.7 Å². The largest absolute Gasteiger partial charge is 0.399 e. The molecule has 0 aliphatic carbocycles. The quantitative estimate of drug-likeness (QED) is 0.362. The van der Waals surface area contributed by atoms with Gasteiger partial charge in [0.2, 0.25) is 5.91 Å². The number of hydrogen-bond donors (Lipinski definition) is 3. The fraction of sp³-hybridized carbons (Fsp3) is 0.211. The number of benzene rings is 2. The van der Waals surface area contributed by atoms with Crippen LogP contribution in [-0.4, -0.2) is 32.6 Å². The Morgan fingerprint density at radius 2 is 1.76 bits per heavy atom. The van der Waals surface area contributed by atoms with Crippen LogP contribution < -0.4 is 20.9 Å². The highest BCUT2D eigenvalue weighted by Gasteiger charge is 2.43. The predicted octanol–water partition coefficient (Wildman–Crippen LogP) is 0.834. The summed E-state index contributed by atoms with van der Waals surface area (Å²) in [5, 5.41) is 0. The van der Waals surface area contributed by atoms with Crippen LogP contribution in [0.3, 0.4) is 0 Å². The number of ketones is 1. The van der Waals surface area contributed by atoms with Crippen LogP contribution in [0.2, 0.25) is 0 Å². The number of nitrogens with zero attached hydrogens (tertiary/aromatic N) is 1. The van der Waals surface area contributed by atoms with E-state index in [1.54, 1.807) is 18.2 Å². The van der Waals surface area contributed by atoms with Crippen LogP contribution >= 0.6 is 0 Å². The van der Waals surface area contributed by atoms with E-state index in [2.05, 4.69) is 0 Å². The number of carbonyl (C=O) groups excluding carboxylic acids is 3. The number of rotatable bonds is 6. The Hall–Kier alpha value is -3.24. The first-order chi connectivity index (χ1) is 13.8. The first-order valence-electron chi connectivity index (χ1n) is 8.88. The summed E-state index contributed by atoms with van der Waals surface area (Å²) in [5.74, 6) is -4.10. The average Bonchev–Trinajstić information content (AvgIpc) is 2.70. The molecule has 0 saturated carbocycles. The number of Topliss-reactive ketones (excluding diaryl/α,β-unsaturated/α-hetero) is 1. The van der Waals surface area contributed by atoms with Crippen molar-refractivity contribution in [3.05, 3.63) is 54.1 Å². The Bertz CT molecular complexity index is 1070. The lowest BCUT2D eigenvalue weighted by atomic mass is 9.89. The molecule has 3 rings (SSSR count). The summed E-state index contributed by atoms with van der Waals surface area (Å²) in [7, 11) is -4.10. The summed E-state index contributed by atoms with van der Waals surface area (Å²) in [4.78, 5) is 41.3. The van der Waals surface area contributed by atoms with E-state index in [0.717, 1.165) is 0 Å². The summed E-state index contributed by atoms with van der Waals surface area (Å²) < 4.78 is 24.6. The normalized spacial score (nSPS) is 16.4. The summed E-state index contributed by atoms with van der Waals surface area (Å²) in [6.07, 6.45) is 0.617. The summed E-state index contributed by atoms with van der Waals surface area (Å²) in [6.45, 7) is 2.19. The molecule has 0 radical (unpaired) electrons. The van der Waals surface area contributed by atoms with E-state index in [0.29, 0.717) is 24.3 Å². The van der Waals surface area contributed by atoms with Gasteiger partial charge in [-0.1, -0.05) is 19.1 Å². The highest BCUT2D eigenvalue weighted by atomic mass is 32.2. The van der Waals surface area contributed by atoms with E-state index >= 15 is 0 Å². The number of carbonyl (C=O) groups is 3. The van der Waals surface area contributed by atoms with Gasteiger partial charge in [-0.2, -0.15) is 0 Å². The summed E-state index contributed by atoms with van der Waals surface area (Å²) >= 11 is 0. The van der Waals surface area contributed by atoms with Gasteiger partial charge in [0.25, 0.3) is 15.9 Å². The van der Waals surface area contributed by atoms with E-state index in [1.807, 2.05) is 17.2 Å². The van der Waals surface area contributed by atoms with Crippen molar-refractivity contribution in [3.63, 3.8) is 0 Å². The van der Waals surface area contributed by atoms with Crippen molar-refractivity contribution >= 4 is 39.0 Å². The Kier molecular flexibility index (Phi) is 5.66. The minimum atomic E-state index is -4.10. The third-order valence-corrected chi connectivity index (χ3v) is 5.71. The minimum absolute atomic E-state index is 0.133. The third kappa shape index (κ3) is 3.98. The van der Waals surface area contributed by atoms with Gasteiger partial charge in [-0.3, -0.25) is 19.8 Å². The van der Waals surface area contributed by atoms with E-state index in [9.17, 15) is 22.8 Å². The van der Waals surface area contributed by atoms with Crippen LogP contribution in [0.5, 0.6) is 0 Å². The molecule has 0 saturated heterocycles. The number of anilines is 2. The molecule has 1 unspecified atom stereocenters. The number of nitrogen functional groups attached to an aromatic ring is 1. The molecule has 0 fully saturated rings. The van der Waals surface area contributed by atoms with Crippen molar-refractivity contribution in [3.8, 4) is 0 Å². The van der Waals surface area contributed by atoms with Gasteiger partial charge in [0.05, 0.1) is 10.6 Å². The molecular weight excluding hydrogens is 396 g/mol. The number of fused-ring (bicyclic) bond motifs is 1. The van der Waals surface area contributed by atoms with Gasteiger partial charge in [-0.05, 0) is 42.8 Å². The standard InChI is InChI=1S/C19H20N4O5S/c1-2-11-23-15-6-4-3-5-14(15)17(24)16(19(23)26)18(25)21-22-29(27,28)13-9-7-12(20)8-10-13/h3-10,16,22H,2,11,20H2,1H3,(H,21,25). The number of hydrazine groups is 1. The van der Waals surface area contributed by atoms with Crippen molar-refractivity contribution in [2.45, 2.75) is 18.2 Å². The predicted molar refractivity (Wildman–Crippen MR) is 106 cm³/mol. The zero-order valence-electron chi connectivity index (χ0n) is 15.6. The molecule has 1 aliphatic rings. The van der Waals surface area contributed by atoms with Crippen LogP contribution in [0.1, 0.15) is 23.7 Å². The Morgan fingerprint density at radius 3 is 2.41 bits per heavy atom. The van der Waals surface area contributed by atoms with Gasteiger partial charge in [0.1, 0.15) is 0 Å². The van der Waals surface area contributed by atoms with Crippen molar-refractivity contribution in [1.82, 2.24) is 10.3 Å². The second-order valence-electron chi connectivity index (χ2n) is 6.47. The van der Waals surface area contributed by atoms with Crippen LogP contribution in [-0.2, 0) is 19.6 Å². The highest BCUT2D eigenvalue weighted by Crippen LogP contribution is 2.30. The molecule has 1 atom stereocenters. The summed E-state index contributed by atoms with van der Waals surface area (Å²) in [5.41, 5.74) is 8.57. The molecule has 1 heterocycles. The number of amides is 2. The zero-order valence-corrected chi connectivity index (χ0v) is 16.4. The van der Waals surface area contributed by atoms with Gasteiger partial charge in [-0.25, -0.2) is 8.42 Å². The van der Waals surface area contributed by atoms with E-state index in [1.165, 1.54) is 35.2 Å². The van der Waals surface area contributed by atoms with Gasteiger partial charge in [0, 0.05) is 17.8 Å². The number of hydrogen-bond acceptors (Lipinski definition) is 6. The molecule has 4 N–H and O–H groups in total. The van der Waals surface area contributed by atoms with E-state index in [-0.39, 0.29) is 10.5 Å². The molecule has 9 nitrogen and oxygen atoms in total. The maximum Gasteiger partial charge on any atom is 0.257 e. The van der Waals surface area contributed by atoms with Crippen LogP contribution in [0.15, 0.2) is 53.4 Å². The molecular formula is C19H20N4O5S. The molecule has 2 aromatic carbocycles. The number of nitrogens with one attached hydrogen (secondary N) is 2. The molecule has 0 spiro atoms. The first kappa shape index (κ1) is 20.5. The maximum atomic E-state index is 12.8. The lowest BCUT2D eigenvalue weighted by Gasteiger charge is -2.32. The van der Waals surface area contributed by atoms with E-state index < -0.39 is 33.5 Å². The Balaban J connectivity index is 1.82. The number of sulfonamides is 1. The minimum Gasteiger partial charge on any atom is -0.399 e. The maximum absolute atomic E-state index is 12.8. The molecule has 152 valence electrons. The lowest BCUT2D eigenvalue weighted by molar-refractivity contribution is -0.132.